The third kappa shape index (κ3) is 4.60. The van der Waals surface area contributed by atoms with E-state index in [2.05, 4.69) is 121 Å². The van der Waals surface area contributed by atoms with Crippen LogP contribution in [0.4, 0.5) is 0 Å². The summed E-state index contributed by atoms with van der Waals surface area (Å²) >= 11 is 0. The van der Waals surface area contributed by atoms with Crippen LogP contribution in [0.2, 0.25) is 0 Å². The van der Waals surface area contributed by atoms with Crippen molar-refractivity contribution in [1.29, 1.82) is 0 Å². The number of hydrogen-bond donors (Lipinski definition) is 0. The Hall–Kier alpha value is -3.78. The molecular weight excluding hydrogens is 388 g/mol. The normalized spacial score (nSPS) is 12.1. The van der Waals surface area contributed by atoms with E-state index >= 15 is 0 Å². The number of benzene rings is 4. The fourth-order valence-electron chi connectivity index (χ4n) is 3.91. The SMILES string of the molecule is CN=C(c1ccc(C)cc1)c1ccc(-c2ccc(C(=NC)c3ccc(C)cc3)cc2)cc1. The Labute approximate surface area is 191 Å². The molecule has 0 radical (unpaired) electrons. The van der Waals surface area contributed by atoms with Crippen molar-refractivity contribution in [3.05, 3.63) is 130 Å². The predicted octanol–water partition coefficient (Wildman–Crippen LogP) is 6.90. The van der Waals surface area contributed by atoms with Crippen molar-refractivity contribution in [3.63, 3.8) is 0 Å². The van der Waals surface area contributed by atoms with Crippen LogP contribution < -0.4 is 0 Å². The van der Waals surface area contributed by atoms with E-state index in [0.717, 1.165) is 33.7 Å². The maximum absolute atomic E-state index is 4.54. The number of rotatable bonds is 5. The zero-order valence-corrected chi connectivity index (χ0v) is 19.1. The number of nitrogens with zero attached hydrogens (tertiary/aromatic N) is 2. The number of aliphatic imine (C=N–C) groups is 2. The van der Waals surface area contributed by atoms with E-state index in [9.17, 15) is 0 Å². The van der Waals surface area contributed by atoms with Crippen molar-refractivity contribution in [3.8, 4) is 11.1 Å². The molecule has 0 bridgehead atoms. The average molecular weight is 417 g/mol. The van der Waals surface area contributed by atoms with Gasteiger partial charge in [0.25, 0.3) is 0 Å². The van der Waals surface area contributed by atoms with E-state index in [-0.39, 0.29) is 0 Å². The molecule has 0 fully saturated rings. The Bertz CT molecular complexity index is 1140. The molecule has 0 aliphatic carbocycles. The molecule has 0 saturated heterocycles. The minimum atomic E-state index is 1.01. The van der Waals surface area contributed by atoms with Crippen LogP contribution in [0.5, 0.6) is 0 Å². The minimum Gasteiger partial charge on any atom is -0.287 e. The quantitative estimate of drug-likeness (QED) is 0.316. The van der Waals surface area contributed by atoms with Gasteiger partial charge in [-0.05, 0) is 25.0 Å². The van der Waals surface area contributed by atoms with Crippen LogP contribution in [0.25, 0.3) is 11.1 Å². The lowest BCUT2D eigenvalue weighted by Crippen LogP contribution is -2.03. The van der Waals surface area contributed by atoms with E-state index in [1.165, 1.54) is 22.3 Å². The summed E-state index contributed by atoms with van der Waals surface area (Å²) in [6.45, 7) is 4.20. The van der Waals surface area contributed by atoms with Crippen LogP contribution in [0.15, 0.2) is 107 Å². The molecule has 32 heavy (non-hydrogen) atoms. The molecule has 2 heteroatoms. The van der Waals surface area contributed by atoms with Crippen molar-refractivity contribution in [2.24, 2.45) is 9.98 Å². The molecule has 0 heterocycles. The van der Waals surface area contributed by atoms with Gasteiger partial charge in [-0.2, -0.15) is 0 Å². The molecule has 4 rings (SSSR count). The van der Waals surface area contributed by atoms with E-state index in [4.69, 9.17) is 0 Å². The monoisotopic (exact) mass is 416 g/mol. The maximum Gasteiger partial charge on any atom is 0.0715 e. The Kier molecular flexibility index (Phi) is 6.42. The van der Waals surface area contributed by atoms with Gasteiger partial charge in [-0.1, -0.05) is 108 Å². The second kappa shape index (κ2) is 9.57. The lowest BCUT2D eigenvalue weighted by atomic mass is 9.96. The van der Waals surface area contributed by atoms with Gasteiger partial charge in [0.15, 0.2) is 0 Å². The molecule has 4 aromatic rings. The van der Waals surface area contributed by atoms with Gasteiger partial charge >= 0.3 is 0 Å². The topological polar surface area (TPSA) is 24.7 Å². The first-order valence-electron chi connectivity index (χ1n) is 10.9. The number of hydrogen-bond acceptors (Lipinski definition) is 2. The molecule has 0 saturated carbocycles. The van der Waals surface area contributed by atoms with Crippen molar-refractivity contribution >= 4 is 11.4 Å². The zero-order valence-electron chi connectivity index (χ0n) is 19.1. The van der Waals surface area contributed by atoms with Gasteiger partial charge in [-0.15, -0.1) is 0 Å². The van der Waals surface area contributed by atoms with Gasteiger partial charge < -0.3 is 0 Å². The van der Waals surface area contributed by atoms with Crippen LogP contribution in [-0.4, -0.2) is 25.5 Å². The van der Waals surface area contributed by atoms with Gasteiger partial charge in [0, 0.05) is 36.3 Å². The highest BCUT2D eigenvalue weighted by atomic mass is 14.7. The highest BCUT2D eigenvalue weighted by Gasteiger charge is 2.09. The van der Waals surface area contributed by atoms with Gasteiger partial charge in [-0.25, -0.2) is 0 Å². The first-order chi connectivity index (χ1) is 15.6. The summed E-state index contributed by atoms with van der Waals surface area (Å²) in [6.07, 6.45) is 0. The molecule has 0 atom stereocenters. The summed E-state index contributed by atoms with van der Waals surface area (Å²) in [7, 11) is 3.70. The van der Waals surface area contributed by atoms with Gasteiger partial charge in [-0.3, -0.25) is 9.98 Å². The minimum absolute atomic E-state index is 1.01. The second-order valence-electron chi connectivity index (χ2n) is 8.03. The molecule has 4 aromatic carbocycles. The predicted molar refractivity (Wildman–Crippen MR) is 137 cm³/mol. The summed E-state index contributed by atoms with van der Waals surface area (Å²) in [4.78, 5) is 9.08. The lowest BCUT2D eigenvalue weighted by Gasteiger charge is -2.10. The van der Waals surface area contributed by atoms with E-state index in [1.54, 1.807) is 0 Å². The van der Waals surface area contributed by atoms with Crippen molar-refractivity contribution in [2.45, 2.75) is 13.8 Å². The lowest BCUT2D eigenvalue weighted by molar-refractivity contribution is 1.39. The van der Waals surface area contributed by atoms with E-state index in [1.807, 2.05) is 14.1 Å². The van der Waals surface area contributed by atoms with E-state index in [0.29, 0.717) is 0 Å². The highest BCUT2D eigenvalue weighted by molar-refractivity contribution is 6.13. The van der Waals surface area contributed by atoms with Crippen LogP contribution >= 0.6 is 0 Å². The fraction of sp³-hybridized carbons (Fsp3) is 0.133. The summed E-state index contributed by atoms with van der Waals surface area (Å²) in [6, 6.07) is 34.3. The smallest absolute Gasteiger partial charge is 0.0715 e. The molecule has 158 valence electrons. The van der Waals surface area contributed by atoms with Crippen LogP contribution in [0.3, 0.4) is 0 Å². The summed E-state index contributed by atoms with van der Waals surface area (Å²) in [5.41, 5.74) is 11.4. The fourth-order valence-corrected chi connectivity index (χ4v) is 3.91. The van der Waals surface area contributed by atoms with Gasteiger partial charge in [0.1, 0.15) is 0 Å². The largest absolute Gasteiger partial charge is 0.287 e. The molecule has 0 aliphatic heterocycles. The van der Waals surface area contributed by atoms with Crippen molar-refractivity contribution in [1.82, 2.24) is 0 Å². The van der Waals surface area contributed by atoms with Gasteiger partial charge in [0.05, 0.1) is 11.4 Å². The molecule has 0 aliphatic rings. The Morgan fingerprint density at radius 3 is 0.906 bits per heavy atom. The first kappa shape index (κ1) is 21.5. The highest BCUT2D eigenvalue weighted by Crippen LogP contribution is 2.23. The average Bonchev–Trinajstić information content (AvgIpc) is 2.83. The third-order valence-corrected chi connectivity index (χ3v) is 5.75. The zero-order chi connectivity index (χ0) is 22.5. The van der Waals surface area contributed by atoms with Gasteiger partial charge in [0.2, 0.25) is 0 Å². The standard InChI is InChI=1S/C30H28N2/c1-21-5-9-25(10-6-21)29(31-3)27-17-13-23(14-18-27)24-15-19-28(20-16-24)30(32-4)26-11-7-22(2)8-12-26/h5-20H,1-4H3. The third-order valence-electron chi connectivity index (χ3n) is 5.75. The van der Waals surface area contributed by atoms with Crippen molar-refractivity contribution < 1.29 is 0 Å². The number of aryl methyl sites for hydroxylation is 2. The summed E-state index contributed by atoms with van der Waals surface area (Å²) in [5.74, 6) is 0. The van der Waals surface area contributed by atoms with Crippen LogP contribution in [0.1, 0.15) is 33.4 Å². The Balaban J connectivity index is 1.57. The first-order valence-corrected chi connectivity index (χ1v) is 10.9. The molecule has 0 amide bonds. The van der Waals surface area contributed by atoms with Crippen LogP contribution in [-0.2, 0) is 0 Å². The second-order valence-corrected chi connectivity index (χ2v) is 8.03. The molecular formula is C30H28N2. The van der Waals surface area contributed by atoms with Crippen molar-refractivity contribution in [2.75, 3.05) is 14.1 Å². The Morgan fingerprint density at radius 2 is 0.656 bits per heavy atom. The summed E-state index contributed by atoms with van der Waals surface area (Å²) < 4.78 is 0. The molecule has 2 nitrogen and oxygen atoms in total. The van der Waals surface area contributed by atoms with E-state index < -0.39 is 0 Å². The molecule has 0 aromatic heterocycles. The maximum atomic E-state index is 4.54. The molecule has 0 N–H and O–H groups in total. The molecule has 0 spiro atoms. The molecule has 0 unspecified atom stereocenters. The summed E-state index contributed by atoms with van der Waals surface area (Å²) in [5, 5.41) is 0. The Morgan fingerprint density at radius 1 is 0.406 bits per heavy atom. The van der Waals surface area contributed by atoms with Crippen LogP contribution in [0, 0.1) is 13.8 Å².